The van der Waals surface area contributed by atoms with Gasteiger partial charge in [-0.1, -0.05) is 68.7 Å². The first-order valence-electron chi connectivity index (χ1n) is 36.1. The van der Waals surface area contributed by atoms with Gasteiger partial charge in [-0.05, 0) is 213 Å². The van der Waals surface area contributed by atoms with E-state index in [1.54, 1.807) is 53.6 Å². The highest BCUT2D eigenvalue weighted by atomic mass is 19.1. The average Bonchev–Trinajstić information content (AvgIpc) is 1.65. The summed E-state index contributed by atoms with van der Waals surface area (Å²) in [7, 11) is 0. The number of pyridine rings is 4. The van der Waals surface area contributed by atoms with Crippen molar-refractivity contribution < 1.29 is 13.2 Å². The summed E-state index contributed by atoms with van der Waals surface area (Å²) < 4.78 is 48.1. The maximum atomic E-state index is 14.5. The van der Waals surface area contributed by atoms with E-state index in [0.29, 0.717) is 87.8 Å². The minimum atomic E-state index is -1.11. The zero-order valence-electron chi connectivity index (χ0n) is 59.2. The maximum Gasteiger partial charge on any atom is 0.261 e. The quantitative estimate of drug-likeness (QED) is 0.152. The van der Waals surface area contributed by atoms with Crippen LogP contribution in [0.15, 0.2) is 190 Å². The fourth-order valence-electron chi connectivity index (χ4n) is 14.6. The number of alkyl halides is 3. The Morgan fingerprint density at radius 2 is 0.736 bits per heavy atom. The number of nitrogens with zero attached hydrogens (tertiary/aromatic N) is 12. The molecule has 2 atom stereocenters. The summed E-state index contributed by atoms with van der Waals surface area (Å²) in [5, 5.41) is 2.33. The van der Waals surface area contributed by atoms with Crippen LogP contribution in [-0.2, 0) is 51.9 Å². The molecular formula is C87H75F3N12O4. The van der Waals surface area contributed by atoms with Crippen molar-refractivity contribution in [2.45, 2.75) is 130 Å². The first-order valence-corrected chi connectivity index (χ1v) is 36.1. The van der Waals surface area contributed by atoms with Gasteiger partial charge in [-0.2, -0.15) is 0 Å². The summed E-state index contributed by atoms with van der Waals surface area (Å²) in [5.74, 6) is 28.3. The van der Waals surface area contributed by atoms with Crippen LogP contribution in [0.3, 0.4) is 0 Å². The minimum absolute atomic E-state index is 0.0261. The van der Waals surface area contributed by atoms with Crippen molar-refractivity contribution in [2.24, 2.45) is 27.6 Å². The van der Waals surface area contributed by atoms with Crippen LogP contribution in [-0.4, -0.2) is 77.7 Å². The molecule has 12 aromatic rings. The van der Waals surface area contributed by atoms with E-state index in [9.17, 15) is 32.3 Å². The molecule has 2 fully saturated rings. The predicted octanol–water partition coefficient (Wildman–Crippen LogP) is 13.0. The smallest absolute Gasteiger partial charge is 0.261 e. The molecule has 1 spiro atoms. The molecule has 0 radical (unpaired) electrons. The van der Waals surface area contributed by atoms with Gasteiger partial charge in [0.15, 0.2) is 0 Å². The van der Waals surface area contributed by atoms with Crippen molar-refractivity contribution in [1.82, 2.24) is 58.1 Å². The molecule has 16 nitrogen and oxygen atoms in total. The second kappa shape index (κ2) is 29.3. The van der Waals surface area contributed by atoms with E-state index >= 15 is 0 Å². The molecule has 0 N–H and O–H groups in total. The fraction of sp³-hybridized carbons (Fsp3) is 0.310. The molecule has 4 aliphatic heterocycles. The van der Waals surface area contributed by atoms with Crippen molar-refractivity contribution in [1.29, 1.82) is 0 Å². The normalized spacial score (nSPS) is 17.9. The summed E-state index contributed by atoms with van der Waals surface area (Å²) in [6, 6.07) is 44.3. The molecule has 0 bridgehead atoms. The number of halogens is 3. The number of aromatic nitrogens is 12. The lowest BCUT2D eigenvalue weighted by Gasteiger charge is -2.35. The Morgan fingerprint density at radius 1 is 0.387 bits per heavy atom. The molecule has 4 aromatic carbocycles. The Balaban J connectivity index is 0.000000113. The number of rotatable bonds is 3. The Kier molecular flexibility index (Phi) is 19.3. The molecule has 0 amide bonds. The van der Waals surface area contributed by atoms with E-state index in [1.165, 1.54) is 17.4 Å². The topological polar surface area (TPSA) is 191 Å². The van der Waals surface area contributed by atoms with Gasteiger partial charge in [-0.15, -0.1) is 0 Å². The number of benzene rings is 4. The highest BCUT2D eigenvalue weighted by Crippen LogP contribution is 2.54. The van der Waals surface area contributed by atoms with Crippen molar-refractivity contribution in [3.05, 3.63) is 280 Å². The number of fused-ring (bicyclic) bond motifs is 8. The van der Waals surface area contributed by atoms with E-state index in [2.05, 4.69) is 93.1 Å². The molecule has 106 heavy (non-hydrogen) atoms. The zero-order valence-corrected chi connectivity index (χ0v) is 59.2. The number of aryl methyl sites for hydroxylation is 4. The standard InChI is InChI=1S/C23H21N3O.C22H18FN3O.C21H17F2N3O.C21H19N3O/c1-23(17-7-8-17)12-11-21-25-20-14-16(5-9-18-4-2-3-13-24-18)6-10-19(20)22(27)26(21)15-23;23-19-8-9-20-25-18-13-15(4-6-16-3-1-2-12-24-16)5-7-17(18)21(27)26(20)14-22(19)10-11-22;22-12-21(13-23)9-8-19-25-18-11-15(4-6-16-3-1-2-10-24-16)5-7-17(18)20(27)26(19)14-21;1-21(2)11-10-19-23-18-13-15(6-8-16-5-3-4-12-22-16)7-9-17(18)20(25)24(19)14-21/h2-4,6,10,13-14,17H,7-8,11-12,15H2,1H3;1-3,5,7,12-13,19H,8-11,14H2;1-3,5,7,10-11H,8-9,12-14H2;3-5,7,9,12-13H,10-11,14H2,1-2H3. The first-order chi connectivity index (χ1) is 51.4. The molecule has 19 heteroatoms. The molecule has 12 heterocycles. The summed E-state index contributed by atoms with van der Waals surface area (Å²) in [4.78, 5) is 87.3. The third-order valence-corrected chi connectivity index (χ3v) is 21.3. The van der Waals surface area contributed by atoms with E-state index in [4.69, 9.17) is 15.0 Å². The zero-order chi connectivity index (χ0) is 73.2. The molecular weight excluding hydrogens is 1330 g/mol. The SMILES string of the molecule is CC1(C)CCc2nc3cc(C#Cc4ccccn4)ccc3c(=O)n2C1.CC1(C2CC2)CCc2nc3cc(C#Cc4ccccn4)ccc3c(=O)n2C1.O=c1c2ccc(C#Cc3ccccn3)cc2nc2n1CC(CF)(CF)CC2.O=c1c2ccc(C#Cc3ccccn3)cc2nc2n1CC1(CC1)C(F)CC2. The Hall–Kier alpha value is -11.9. The summed E-state index contributed by atoms with van der Waals surface area (Å²) in [6.45, 7) is 7.17. The monoisotopic (exact) mass is 1410 g/mol. The number of hydrogen-bond acceptors (Lipinski definition) is 12. The summed E-state index contributed by atoms with van der Waals surface area (Å²) in [6.07, 6.45) is 15.9. The maximum absolute atomic E-state index is 14.5. The molecule has 2 saturated carbocycles. The molecule has 0 saturated heterocycles. The average molecular weight is 1410 g/mol. The van der Waals surface area contributed by atoms with Gasteiger partial charge in [0.05, 0.1) is 57.0 Å². The van der Waals surface area contributed by atoms with Crippen molar-refractivity contribution in [3.8, 4) is 47.4 Å². The van der Waals surface area contributed by atoms with Crippen LogP contribution in [0.4, 0.5) is 13.2 Å². The molecule has 528 valence electrons. The van der Waals surface area contributed by atoms with Crippen molar-refractivity contribution in [3.63, 3.8) is 0 Å². The van der Waals surface area contributed by atoms with E-state index in [-0.39, 0.29) is 45.0 Å². The Bertz CT molecular complexity index is 5780. The van der Waals surface area contributed by atoms with Gasteiger partial charge in [-0.25, -0.2) is 44.3 Å². The van der Waals surface area contributed by atoms with Gasteiger partial charge in [0.25, 0.3) is 22.2 Å². The van der Waals surface area contributed by atoms with Crippen LogP contribution in [0.1, 0.15) is 140 Å². The van der Waals surface area contributed by atoms with Gasteiger partial charge in [-0.3, -0.25) is 46.2 Å². The van der Waals surface area contributed by atoms with Crippen molar-refractivity contribution in [2.75, 3.05) is 13.3 Å². The fourth-order valence-corrected chi connectivity index (χ4v) is 14.6. The van der Waals surface area contributed by atoms with Crippen molar-refractivity contribution >= 4 is 43.6 Å². The molecule has 8 aromatic heterocycles. The molecule has 18 rings (SSSR count). The highest BCUT2D eigenvalue weighted by molar-refractivity contribution is 5.82. The largest absolute Gasteiger partial charge is 0.296 e. The first kappa shape index (κ1) is 69.8. The lowest BCUT2D eigenvalue weighted by molar-refractivity contribution is 0.0974. The highest BCUT2D eigenvalue weighted by Gasteiger charge is 2.52. The van der Waals surface area contributed by atoms with Crippen LogP contribution < -0.4 is 22.2 Å². The van der Waals surface area contributed by atoms with Crippen LogP contribution in [0.5, 0.6) is 0 Å². The number of hydrogen-bond donors (Lipinski definition) is 0. The minimum Gasteiger partial charge on any atom is -0.296 e. The Morgan fingerprint density at radius 3 is 1.09 bits per heavy atom. The second-order valence-corrected chi connectivity index (χ2v) is 29.7. The van der Waals surface area contributed by atoms with Gasteiger partial charge >= 0.3 is 0 Å². The summed E-state index contributed by atoms with van der Waals surface area (Å²) >= 11 is 0. The molecule has 2 unspecified atom stereocenters. The molecule has 2 aliphatic carbocycles. The third kappa shape index (κ3) is 15.1. The van der Waals surface area contributed by atoms with Gasteiger partial charge < -0.3 is 0 Å². The lowest BCUT2D eigenvalue weighted by atomic mass is 9.78. The Labute approximate surface area is 610 Å². The van der Waals surface area contributed by atoms with Crippen LogP contribution in [0.2, 0.25) is 0 Å². The van der Waals surface area contributed by atoms with Gasteiger partial charge in [0.2, 0.25) is 0 Å². The summed E-state index contributed by atoms with van der Waals surface area (Å²) in [5.41, 5.74) is 7.40. The van der Waals surface area contributed by atoms with Crippen LogP contribution in [0.25, 0.3) is 43.6 Å². The predicted molar refractivity (Wildman–Crippen MR) is 404 cm³/mol. The second-order valence-electron chi connectivity index (χ2n) is 29.7. The molecule has 6 aliphatic rings. The van der Waals surface area contributed by atoms with Gasteiger partial charge in [0.1, 0.15) is 52.2 Å². The lowest BCUT2D eigenvalue weighted by Crippen LogP contribution is -2.42. The van der Waals surface area contributed by atoms with Crippen LogP contribution in [0, 0.1) is 74.9 Å². The van der Waals surface area contributed by atoms with E-state index in [0.717, 1.165) is 114 Å². The van der Waals surface area contributed by atoms with E-state index in [1.807, 2.05) is 130 Å². The third-order valence-electron chi connectivity index (χ3n) is 21.3. The van der Waals surface area contributed by atoms with Crippen LogP contribution >= 0.6 is 0 Å². The van der Waals surface area contributed by atoms with E-state index < -0.39 is 24.9 Å². The van der Waals surface area contributed by atoms with Gasteiger partial charge in [0, 0.05) is 110 Å².